The minimum atomic E-state index is -0.420. The smallest absolute Gasteiger partial charge is 0.411 e. The van der Waals surface area contributed by atoms with Gasteiger partial charge in [0.05, 0.1) is 12.2 Å². The molecule has 8 nitrogen and oxygen atoms in total. The molecule has 2 aromatic carbocycles. The van der Waals surface area contributed by atoms with Crippen LogP contribution in [0.4, 0.5) is 10.5 Å². The lowest BCUT2D eigenvalue weighted by Gasteiger charge is -2.31. The largest absolute Gasteiger partial charge is 0.446 e. The first-order valence-corrected chi connectivity index (χ1v) is 14.3. The molecule has 1 aromatic heterocycles. The standard InChI is InChI=1S/C32H41N5O3/c1-3-36(4-2)24-25-14-15-30(34-22-25)31(38)23-33-18-21-37-19-16-27(17-20-37)40-32(39)35-29-13-9-8-12-28(29)26-10-6-5-7-11-26/h5-15,22,27,33H,3-4,16-21,23-24H2,1-2H3,(H,35,39). The number of piperidine rings is 1. The molecule has 1 saturated heterocycles. The van der Waals surface area contributed by atoms with Crippen LogP contribution in [0.2, 0.25) is 0 Å². The molecule has 212 valence electrons. The molecule has 0 bridgehead atoms. The fraction of sp³-hybridized carbons (Fsp3) is 0.406. The van der Waals surface area contributed by atoms with Crippen molar-refractivity contribution in [3.8, 4) is 11.1 Å². The predicted molar refractivity (Wildman–Crippen MR) is 160 cm³/mol. The summed E-state index contributed by atoms with van der Waals surface area (Å²) in [5, 5.41) is 6.18. The lowest BCUT2D eigenvalue weighted by molar-refractivity contribution is 0.0593. The monoisotopic (exact) mass is 543 g/mol. The van der Waals surface area contributed by atoms with E-state index in [1.807, 2.05) is 66.7 Å². The Morgan fingerprint density at radius 1 is 0.975 bits per heavy atom. The summed E-state index contributed by atoms with van der Waals surface area (Å²) in [4.78, 5) is 34.2. The molecule has 0 atom stereocenters. The summed E-state index contributed by atoms with van der Waals surface area (Å²) >= 11 is 0. The van der Waals surface area contributed by atoms with E-state index in [4.69, 9.17) is 4.74 Å². The van der Waals surface area contributed by atoms with Crippen LogP contribution in [0.5, 0.6) is 0 Å². The van der Waals surface area contributed by atoms with Crippen LogP contribution in [0.3, 0.4) is 0 Å². The molecule has 8 heteroatoms. The molecule has 40 heavy (non-hydrogen) atoms. The Hall–Kier alpha value is -3.59. The van der Waals surface area contributed by atoms with Gasteiger partial charge in [-0.2, -0.15) is 0 Å². The maximum absolute atomic E-state index is 12.6. The number of anilines is 1. The summed E-state index contributed by atoms with van der Waals surface area (Å²) in [5.74, 6) is 0.00125. The summed E-state index contributed by atoms with van der Waals surface area (Å²) in [7, 11) is 0. The van der Waals surface area contributed by atoms with Gasteiger partial charge in [0.2, 0.25) is 0 Å². The van der Waals surface area contributed by atoms with Crippen LogP contribution in [0.15, 0.2) is 72.9 Å². The van der Waals surface area contributed by atoms with E-state index in [0.29, 0.717) is 12.2 Å². The van der Waals surface area contributed by atoms with Gasteiger partial charge in [-0.25, -0.2) is 4.79 Å². The maximum Gasteiger partial charge on any atom is 0.411 e. The van der Waals surface area contributed by atoms with Crippen LogP contribution in [-0.4, -0.2) is 78.6 Å². The number of para-hydroxylation sites is 1. The number of hydrogen-bond acceptors (Lipinski definition) is 7. The van der Waals surface area contributed by atoms with Gasteiger partial charge in [-0.05, 0) is 49.2 Å². The summed E-state index contributed by atoms with van der Waals surface area (Å²) in [6.07, 6.45) is 2.86. The highest BCUT2D eigenvalue weighted by atomic mass is 16.6. The van der Waals surface area contributed by atoms with Crippen molar-refractivity contribution in [2.75, 3.05) is 51.1 Å². The molecule has 1 aliphatic rings. The number of benzene rings is 2. The van der Waals surface area contributed by atoms with Gasteiger partial charge >= 0.3 is 6.09 Å². The van der Waals surface area contributed by atoms with Gasteiger partial charge in [-0.15, -0.1) is 0 Å². The highest BCUT2D eigenvalue weighted by Gasteiger charge is 2.22. The molecule has 0 saturated carbocycles. The summed E-state index contributed by atoms with van der Waals surface area (Å²) < 4.78 is 5.74. The fourth-order valence-corrected chi connectivity index (χ4v) is 4.92. The molecule has 0 unspecified atom stereocenters. The highest BCUT2D eigenvalue weighted by molar-refractivity contribution is 5.95. The number of hydrogen-bond donors (Lipinski definition) is 2. The van der Waals surface area contributed by atoms with Crippen molar-refractivity contribution in [2.24, 2.45) is 0 Å². The van der Waals surface area contributed by atoms with E-state index in [1.54, 1.807) is 6.20 Å². The number of likely N-dealkylation sites (tertiary alicyclic amines) is 1. The molecule has 1 amide bonds. The van der Waals surface area contributed by atoms with Crippen molar-refractivity contribution in [3.63, 3.8) is 0 Å². The van der Waals surface area contributed by atoms with Gasteiger partial charge in [-0.1, -0.05) is 68.4 Å². The van der Waals surface area contributed by atoms with Crippen molar-refractivity contribution in [1.82, 2.24) is 20.1 Å². The topological polar surface area (TPSA) is 86.8 Å². The second-order valence-corrected chi connectivity index (χ2v) is 10.1. The average molecular weight is 544 g/mol. The average Bonchev–Trinajstić information content (AvgIpc) is 2.99. The molecule has 1 aliphatic heterocycles. The number of nitrogens with one attached hydrogen (secondary N) is 2. The van der Waals surface area contributed by atoms with Crippen LogP contribution >= 0.6 is 0 Å². The van der Waals surface area contributed by atoms with Crippen molar-refractivity contribution in [3.05, 3.63) is 84.2 Å². The van der Waals surface area contributed by atoms with Crippen molar-refractivity contribution in [2.45, 2.75) is 39.3 Å². The highest BCUT2D eigenvalue weighted by Crippen LogP contribution is 2.28. The Kier molecular flexibility index (Phi) is 11.2. The quantitative estimate of drug-likeness (QED) is 0.230. The fourth-order valence-electron chi connectivity index (χ4n) is 4.92. The zero-order chi connectivity index (χ0) is 28.2. The molecule has 0 spiro atoms. The zero-order valence-corrected chi connectivity index (χ0v) is 23.6. The molecule has 0 radical (unpaired) electrons. The first kappa shape index (κ1) is 29.4. The zero-order valence-electron chi connectivity index (χ0n) is 23.6. The number of ether oxygens (including phenoxy) is 1. The number of Topliss-reactive ketones (excluding diaryl/α,β-unsaturated/α-hetero) is 1. The second kappa shape index (κ2) is 15.3. The third-order valence-electron chi connectivity index (χ3n) is 7.36. The molecular formula is C32H41N5O3. The van der Waals surface area contributed by atoms with E-state index in [9.17, 15) is 9.59 Å². The molecule has 0 aliphatic carbocycles. The third kappa shape index (κ3) is 8.71. The first-order valence-electron chi connectivity index (χ1n) is 14.3. The van der Waals surface area contributed by atoms with Gasteiger partial charge in [-0.3, -0.25) is 20.0 Å². The number of carbonyl (C=O) groups excluding carboxylic acids is 2. The van der Waals surface area contributed by atoms with Crippen LogP contribution in [0, 0.1) is 0 Å². The first-order chi connectivity index (χ1) is 19.6. The van der Waals surface area contributed by atoms with E-state index in [2.05, 4.69) is 39.3 Å². The number of amides is 1. The molecule has 1 fully saturated rings. The predicted octanol–water partition coefficient (Wildman–Crippen LogP) is 5.08. The number of aromatic nitrogens is 1. The number of ketones is 1. The van der Waals surface area contributed by atoms with E-state index < -0.39 is 6.09 Å². The van der Waals surface area contributed by atoms with E-state index in [-0.39, 0.29) is 18.4 Å². The summed E-state index contributed by atoms with van der Waals surface area (Å²) in [5.41, 5.74) is 4.36. The van der Waals surface area contributed by atoms with Gasteiger partial charge in [0, 0.05) is 44.5 Å². The summed E-state index contributed by atoms with van der Waals surface area (Å²) in [6.45, 7) is 10.6. The lowest BCUT2D eigenvalue weighted by atomic mass is 10.0. The van der Waals surface area contributed by atoms with Crippen LogP contribution in [0.25, 0.3) is 11.1 Å². The second-order valence-electron chi connectivity index (χ2n) is 10.1. The van der Waals surface area contributed by atoms with Gasteiger partial charge < -0.3 is 15.0 Å². The number of carbonyl (C=O) groups is 2. The Morgan fingerprint density at radius 2 is 1.70 bits per heavy atom. The number of pyridine rings is 1. The Labute approximate surface area is 237 Å². The van der Waals surface area contributed by atoms with Crippen LogP contribution in [0.1, 0.15) is 42.7 Å². The normalized spacial score (nSPS) is 14.3. The molecule has 4 rings (SSSR count). The maximum atomic E-state index is 12.6. The van der Waals surface area contributed by atoms with Crippen molar-refractivity contribution >= 4 is 17.6 Å². The number of rotatable bonds is 13. The SMILES string of the molecule is CCN(CC)Cc1ccc(C(=O)CNCCN2CCC(OC(=O)Nc3ccccc3-c3ccccc3)CC2)nc1. The lowest BCUT2D eigenvalue weighted by Crippen LogP contribution is -2.42. The minimum Gasteiger partial charge on any atom is -0.446 e. The number of nitrogens with zero attached hydrogens (tertiary/aromatic N) is 3. The van der Waals surface area contributed by atoms with Gasteiger partial charge in [0.25, 0.3) is 0 Å². The molecule has 2 N–H and O–H groups in total. The Bertz CT molecular complexity index is 1210. The molecule has 2 heterocycles. The third-order valence-corrected chi connectivity index (χ3v) is 7.36. The molecular weight excluding hydrogens is 502 g/mol. The Balaban J connectivity index is 1.13. The van der Waals surface area contributed by atoms with Gasteiger partial charge in [0.1, 0.15) is 11.8 Å². The van der Waals surface area contributed by atoms with Crippen LogP contribution in [-0.2, 0) is 11.3 Å². The van der Waals surface area contributed by atoms with E-state index >= 15 is 0 Å². The van der Waals surface area contributed by atoms with E-state index in [0.717, 1.165) is 74.5 Å². The van der Waals surface area contributed by atoms with Crippen molar-refractivity contribution < 1.29 is 14.3 Å². The van der Waals surface area contributed by atoms with Gasteiger partial charge in [0.15, 0.2) is 5.78 Å². The minimum absolute atomic E-state index is 0.00125. The van der Waals surface area contributed by atoms with E-state index in [1.165, 1.54) is 0 Å². The molecule has 3 aromatic rings. The van der Waals surface area contributed by atoms with Crippen molar-refractivity contribution in [1.29, 1.82) is 0 Å². The van der Waals surface area contributed by atoms with Crippen LogP contribution < -0.4 is 10.6 Å². The Morgan fingerprint density at radius 3 is 2.40 bits per heavy atom. The summed E-state index contributed by atoms with van der Waals surface area (Å²) in [6, 6.07) is 21.5.